The van der Waals surface area contributed by atoms with Crippen molar-refractivity contribution in [2.45, 2.75) is 13.3 Å². The van der Waals surface area contributed by atoms with Crippen molar-refractivity contribution in [2.24, 2.45) is 0 Å². The van der Waals surface area contributed by atoms with Gasteiger partial charge in [0.05, 0.1) is 14.2 Å². The molecule has 0 unspecified atom stereocenters. The van der Waals surface area contributed by atoms with E-state index in [1.807, 2.05) is 11.8 Å². The maximum absolute atomic E-state index is 12.1. The zero-order valence-electron chi connectivity index (χ0n) is 10.4. The molecule has 2 rings (SSSR count). The SMILES string of the molecule is COc1cc(C(=O)N2CCC2)cc(OC)c1C. The number of likely N-dealkylation sites (tertiary alicyclic amines) is 1. The van der Waals surface area contributed by atoms with Crippen LogP contribution in [-0.2, 0) is 0 Å². The summed E-state index contributed by atoms with van der Waals surface area (Å²) in [6.45, 7) is 3.60. The van der Waals surface area contributed by atoms with Crippen LogP contribution in [-0.4, -0.2) is 38.1 Å². The van der Waals surface area contributed by atoms with Crippen LogP contribution in [0.2, 0.25) is 0 Å². The van der Waals surface area contributed by atoms with Crippen LogP contribution >= 0.6 is 0 Å². The highest BCUT2D eigenvalue weighted by Gasteiger charge is 2.23. The van der Waals surface area contributed by atoms with Gasteiger partial charge in [0.1, 0.15) is 11.5 Å². The number of carbonyl (C=O) groups is 1. The number of ether oxygens (including phenoxy) is 2. The topological polar surface area (TPSA) is 38.8 Å². The zero-order valence-corrected chi connectivity index (χ0v) is 10.4. The highest BCUT2D eigenvalue weighted by atomic mass is 16.5. The fraction of sp³-hybridized carbons (Fsp3) is 0.462. The van der Waals surface area contributed by atoms with Gasteiger partial charge in [-0.25, -0.2) is 0 Å². The average molecular weight is 235 g/mol. The predicted molar refractivity (Wildman–Crippen MR) is 64.8 cm³/mol. The molecule has 1 saturated heterocycles. The standard InChI is InChI=1S/C13H17NO3/c1-9-11(16-2)7-10(8-12(9)17-3)13(15)14-5-4-6-14/h7-8H,4-6H2,1-3H3. The average Bonchev–Trinajstić information content (AvgIpc) is 2.27. The quantitative estimate of drug-likeness (QED) is 0.802. The monoisotopic (exact) mass is 235 g/mol. The van der Waals surface area contributed by atoms with Gasteiger partial charge in [0.15, 0.2) is 0 Å². The lowest BCUT2D eigenvalue weighted by Crippen LogP contribution is -2.42. The number of carbonyl (C=O) groups excluding carboxylic acids is 1. The third-order valence-corrected chi connectivity index (χ3v) is 3.14. The molecule has 1 fully saturated rings. The second kappa shape index (κ2) is 4.65. The van der Waals surface area contributed by atoms with Gasteiger partial charge < -0.3 is 14.4 Å². The summed E-state index contributed by atoms with van der Waals surface area (Å²) in [6, 6.07) is 3.55. The molecule has 1 aromatic rings. The summed E-state index contributed by atoms with van der Waals surface area (Å²) in [5.74, 6) is 1.43. The third kappa shape index (κ3) is 2.07. The van der Waals surface area contributed by atoms with E-state index in [4.69, 9.17) is 9.47 Å². The number of methoxy groups -OCH3 is 2. The molecule has 1 aromatic carbocycles. The Hall–Kier alpha value is -1.71. The first-order valence-corrected chi connectivity index (χ1v) is 5.69. The molecule has 1 amide bonds. The maximum Gasteiger partial charge on any atom is 0.254 e. The summed E-state index contributed by atoms with van der Waals surface area (Å²) in [7, 11) is 3.19. The number of rotatable bonds is 3. The molecule has 0 aromatic heterocycles. The number of nitrogens with zero attached hydrogens (tertiary/aromatic N) is 1. The second-order valence-corrected chi connectivity index (χ2v) is 4.15. The number of benzene rings is 1. The van der Waals surface area contributed by atoms with Crippen molar-refractivity contribution in [3.63, 3.8) is 0 Å². The normalized spacial score (nSPS) is 14.2. The zero-order chi connectivity index (χ0) is 12.4. The largest absolute Gasteiger partial charge is 0.496 e. The van der Waals surface area contributed by atoms with Crippen LogP contribution in [0.5, 0.6) is 11.5 Å². The van der Waals surface area contributed by atoms with E-state index < -0.39 is 0 Å². The van der Waals surface area contributed by atoms with Gasteiger partial charge >= 0.3 is 0 Å². The van der Waals surface area contributed by atoms with Crippen molar-refractivity contribution in [3.05, 3.63) is 23.3 Å². The van der Waals surface area contributed by atoms with E-state index in [1.165, 1.54) is 0 Å². The highest BCUT2D eigenvalue weighted by molar-refractivity contribution is 5.95. The second-order valence-electron chi connectivity index (χ2n) is 4.15. The lowest BCUT2D eigenvalue weighted by molar-refractivity contribution is 0.0651. The van der Waals surface area contributed by atoms with E-state index in [-0.39, 0.29) is 5.91 Å². The van der Waals surface area contributed by atoms with Crippen LogP contribution in [0.25, 0.3) is 0 Å². The molecule has 0 bridgehead atoms. The van der Waals surface area contributed by atoms with E-state index in [1.54, 1.807) is 26.4 Å². The number of amides is 1. The molecule has 0 radical (unpaired) electrons. The van der Waals surface area contributed by atoms with Crippen molar-refractivity contribution in [3.8, 4) is 11.5 Å². The van der Waals surface area contributed by atoms with Gasteiger partial charge in [-0.2, -0.15) is 0 Å². The van der Waals surface area contributed by atoms with E-state index in [0.717, 1.165) is 25.1 Å². The number of hydrogen-bond donors (Lipinski definition) is 0. The van der Waals surface area contributed by atoms with Gasteiger partial charge in [-0.3, -0.25) is 4.79 Å². The lowest BCUT2D eigenvalue weighted by atomic mass is 10.1. The predicted octanol–water partition coefficient (Wildman–Crippen LogP) is 1.86. The summed E-state index contributed by atoms with van der Waals surface area (Å²) in [5.41, 5.74) is 1.54. The maximum atomic E-state index is 12.1. The van der Waals surface area contributed by atoms with Gasteiger partial charge in [-0.15, -0.1) is 0 Å². The van der Waals surface area contributed by atoms with E-state index >= 15 is 0 Å². The fourth-order valence-corrected chi connectivity index (χ4v) is 1.91. The van der Waals surface area contributed by atoms with Gasteiger partial charge in [0, 0.05) is 24.2 Å². The Morgan fingerprint density at radius 3 is 2.06 bits per heavy atom. The number of hydrogen-bond acceptors (Lipinski definition) is 3. The third-order valence-electron chi connectivity index (χ3n) is 3.14. The van der Waals surface area contributed by atoms with Crippen molar-refractivity contribution < 1.29 is 14.3 Å². The summed E-state index contributed by atoms with van der Waals surface area (Å²) >= 11 is 0. The molecule has 4 nitrogen and oxygen atoms in total. The Bertz CT molecular complexity index is 413. The summed E-state index contributed by atoms with van der Waals surface area (Å²) < 4.78 is 10.5. The Morgan fingerprint density at radius 2 is 1.71 bits per heavy atom. The molecule has 0 N–H and O–H groups in total. The Labute approximate surface area is 101 Å². The van der Waals surface area contributed by atoms with Crippen LogP contribution in [0.3, 0.4) is 0 Å². The molecule has 0 spiro atoms. The molecule has 4 heteroatoms. The van der Waals surface area contributed by atoms with Crippen molar-refractivity contribution in [1.29, 1.82) is 0 Å². The minimum Gasteiger partial charge on any atom is -0.496 e. The van der Waals surface area contributed by atoms with Gasteiger partial charge in [-0.1, -0.05) is 0 Å². The summed E-state index contributed by atoms with van der Waals surface area (Å²) in [5, 5.41) is 0. The summed E-state index contributed by atoms with van der Waals surface area (Å²) in [6.07, 6.45) is 1.09. The molecule has 92 valence electrons. The lowest BCUT2D eigenvalue weighted by Gasteiger charge is -2.31. The first-order valence-electron chi connectivity index (χ1n) is 5.69. The van der Waals surface area contributed by atoms with Gasteiger partial charge in [0.25, 0.3) is 5.91 Å². The molecular weight excluding hydrogens is 218 g/mol. The Kier molecular flexibility index (Phi) is 3.22. The smallest absolute Gasteiger partial charge is 0.254 e. The molecule has 0 saturated carbocycles. The van der Waals surface area contributed by atoms with Crippen LogP contribution in [0.1, 0.15) is 22.3 Å². The van der Waals surface area contributed by atoms with Gasteiger partial charge in [-0.05, 0) is 25.5 Å². The molecule has 17 heavy (non-hydrogen) atoms. The first kappa shape index (κ1) is 11.8. The molecule has 1 heterocycles. The summed E-state index contributed by atoms with van der Waals surface area (Å²) in [4.78, 5) is 13.9. The first-order chi connectivity index (χ1) is 8.17. The molecule has 1 aliphatic heterocycles. The van der Waals surface area contributed by atoms with Gasteiger partial charge in [0.2, 0.25) is 0 Å². The van der Waals surface area contributed by atoms with E-state index in [9.17, 15) is 4.79 Å². The van der Waals surface area contributed by atoms with Crippen molar-refractivity contribution in [1.82, 2.24) is 4.90 Å². The minimum atomic E-state index is 0.0489. The molecule has 0 atom stereocenters. The van der Waals surface area contributed by atoms with Crippen LogP contribution in [0.15, 0.2) is 12.1 Å². The Morgan fingerprint density at radius 1 is 1.18 bits per heavy atom. The highest BCUT2D eigenvalue weighted by Crippen LogP contribution is 2.30. The molecule has 0 aliphatic carbocycles. The van der Waals surface area contributed by atoms with Crippen molar-refractivity contribution in [2.75, 3.05) is 27.3 Å². The van der Waals surface area contributed by atoms with Crippen LogP contribution in [0.4, 0.5) is 0 Å². The van der Waals surface area contributed by atoms with E-state index in [0.29, 0.717) is 17.1 Å². The minimum absolute atomic E-state index is 0.0489. The van der Waals surface area contributed by atoms with Crippen LogP contribution < -0.4 is 9.47 Å². The van der Waals surface area contributed by atoms with Crippen molar-refractivity contribution >= 4 is 5.91 Å². The fourth-order valence-electron chi connectivity index (χ4n) is 1.91. The molecule has 1 aliphatic rings. The Balaban J connectivity index is 2.36. The van der Waals surface area contributed by atoms with E-state index in [2.05, 4.69) is 0 Å². The molecular formula is C13H17NO3. The van der Waals surface area contributed by atoms with Crippen LogP contribution in [0, 0.1) is 6.92 Å².